The molecule has 6 heteroatoms. The molecule has 232 valence electrons. The molecule has 6 aliphatic rings. The zero-order valence-electron chi connectivity index (χ0n) is 26.4. The Balaban J connectivity index is 1.14. The van der Waals surface area contributed by atoms with Crippen LogP contribution in [0.4, 0.5) is 0 Å². The number of carbonyl (C=O) groups excluding carboxylic acids is 1. The zero-order chi connectivity index (χ0) is 29.0. The minimum atomic E-state index is -0.107. The molecule has 4 fully saturated rings. The molecule has 6 nitrogen and oxygen atoms in total. The first-order chi connectivity index (χ1) is 20.4. The van der Waals surface area contributed by atoms with E-state index in [2.05, 4.69) is 35.8 Å². The van der Waals surface area contributed by atoms with Gasteiger partial charge >= 0.3 is 0 Å². The van der Waals surface area contributed by atoms with Crippen LogP contribution < -0.4 is 9.47 Å². The van der Waals surface area contributed by atoms with Gasteiger partial charge < -0.3 is 19.5 Å². The predicted molar refractivity (Wildman–Crippen MR) is 165 cm³/mol. The molecule has 2 unspecified atom stereocenters. The second-order valence-corrected chi connectivity index (χ2v) is 15.2. The highest BCUT2D eigenvalue weighted by molar-refractivity contribution is 5.77. The zero-order valence-corrected chi connectivity index (χ0v) is 26.4. The number of amides is 1. The molecule has 2 aliphatic heterocycles. The number of benzene rings is 1. The summed E-state index contributed by atoms with van der Waals surface area (Å²) in [7, 11) is 1.76. The van der Waals surface area contributed by atoms with Gasteiger partial charge in [0.25, 0.3) is 0 Å². The van der Waals surface area contributed by atoms with Crippen molar-refractivity contribution in [3.05, 3.63) is 23.3 Å². The van der Waals surface area contributed by atoms with Gasteiger partial charge in [-0.3, -0.25) is 9.69 Å². The highest BCUT2D eigenvalue weighted by Crippen LogP contribution is 2.64. The van der Waals surface area contributed by atoms with E-state index < -0.39 is 0 Å². The van der Waals surface area contributed by atoms with Gasteiger partial charge in [0.05, 0.1) is 19.3 Å². The molecule has 7 atom stereocenters. The second kappa shape index (κ2) is 11.6. The van der Waals surface area contributed by atoms with E-state index in [1.165, 1.54) is 56.1 Å². The van der Waals surface area contributed by atoms with Crippen LogP contribution in [0.3, 0.4) is 0 Å². The van der Waals surface area contributed by atoms with Crippen LogP contribution in [0, 0.1) is 23.7 Å². The van der Waals surface area contributed by atoms with Crippen molar-refractivity contribution in [2.45, 2.75) is 133 Å². The van der Waals surface area contributed by atoms with E-state index >= 15 is 0 Å². The molecule has 1 aromatic rings. The number of likely N-dealkylation sites (tertiary alicyclic amines) is 1. The Hall–Kier alpha value is -1.79. The first-order valence-corrected chi connectivity index (χ1v) is 17.5. The fourth-order valence-electron chi connectivity index (χ4n) is 10.2. The number of aliphatic hydroxyl groups excluding tert-OH is 1. The van der Waals surface area contributed by atoms with Crippen LogP contribution in [0.25, 0.3) is 0 Å². The number of hydrogen-bond donors (Lipinski definition) is 1. The molecule has 42 heavy (non-hydrogen) atoms. The van der Waals surface area contributed by atoms with Gasteiger partial charge in [0.2, 0.25) is 5.91 Å². The number of unbranched alkanes of at least 4 members (excludes halogenated alkanes) is 1. The van der Waals surface area contributed by atoms with Crippen molar-refractivity contribution in [2.24, 2.45) is 23.7 Å². The molecule has 1 saturated heterocycles. The van der Waals surface area contributed by atoms with Gasteiger partial charge in [-0.15, -0.1) is 0 Å². The van der Waals surface area contributed by atoms with Gasteiger partial charge in [0, 0.05) is 42.4 Å². The first-order valence-electron chi connectivity index (χ1n) is 17.5. The van der Waals surface area contributed by atoms with Gasteiger partial charge in [0.1, 0.15) is 6.10 Å². The highest BCUT2D eigenvalue weighted by atomic mass is 16.5. The molecule has 0 aromatic heterocycles. The van der Waals surface area contributed by atoms with Crippen LogP contribution >= 0.6 is 0 Å². The van der Waals surface area contributed by atoms with E-state index in [0.717, 1.165) is 75.6 Å². The highest BCUT2D eigenvalue weighted by Gasteiger charge is 2.67. The molecule has 4 aliphatic carbocycles. The Morgan fingerprint density at radius 3 is 2.71 bits per heavy atom. The minimum Gasteiger partial charge on any atom is -0.493 e. The maximum absolute atomic E-state index is 14.1. The summed E-state index contributed by atoms with van der Waals surface area (Å²) in [5.41, 5.74) is 2.77. The van der Waals surface area contributed by atoms with Gasteiger partial charge in [-0.2, -0.15) is 0 Å². The summed E-state index contributed by atoms with van der Waals surface area (Å²) in [6, 6.07) is 4.98. The SMILES string of the molecule is COc1ccc2c3c1O[C@H]1[C@H](N(CC(C)C)C(=O)CCCCC4CCCCC4)CC[C@H]4[C@@H](C2)N(CC2CC2O)CC[C@@]341. The third kappa shape index (κ3) is 4.97. The predicted octanol–water partition coefficient (Wildman–Crippen LogP) is 6.11. The minimum absolute atomic E-state index is 0.0114. The number of rotatable bonds is 11. The van der Waals surface area contributed by atoms with Gasteiger partial charge in [-0.1, -0.05) is 64.9 Å². The van der Waals surface area contributed by atoms with Crippen molar-refractivity contribution >= 4 is 5.91 Å². The summed E-state index contributed by atoms with van der Waals surface area (Å²) >= 11 is 0. The van der Waals surface area contributed by atoms with Crippen molar-refractivity contribution < 1.29 is 19.4 Å². The van der Waals surface area contributed by atoms with Crippen LogP contribution in [0.2, 0.25) is 0 Å². The normalized spacial score (nSPS) is 35.1. The third-order valence-corrected chi connectivity index (χ3v) is 12.2. The van der Waals surface area contributed by atoms with E-state index in [9.17, 15) is 9.90 Å². The van der Waals surface area contributed by atoms with Crippen molar-refractivity contribution in [2.75, 3.05) is 26.7 Å². The fraction of sp³-hybridized carbons (Fsp3) is 0.806. The number of carbonyl (C=O) groups is 1. The maximum Gasteiger partial charge on any atom is 0.222 e. The average Bonchev–Trinajstić information content (AvgIpc) is 3.57. The molecule has 1 aromatic carbocycles. The van der Waals surface area contributed by atoms with E-state index in [1.54, 1.807) is 7.11 Å². The Morgan fingerprint density at radius 1 is 1.17 bits per heavy atom. The maximum atomic E-state index is 14.1. The summed E-state index contributed by atoms with van der Waals surface area (Å²) < 4.78 is 13.0. The average molecular weight is 579 g/mol. The summed E-state index contributed by atoms with van der Waals surface area (Å²) in [6.07, 6.45) is 16.3. The monoisotopic (exact) mass is 578 g/mol. The van der Waals surface area contributed by atoms with Gasteiger partial charge in [-0.25, -0.2) is 0 Å². The van der Waals surface area contributed by atoms with Gasteiger partial charge in [-0.05, 0) is 74.5 Å². The van der Waals surface area contributed by atoms with Crippen LogP contribution in [-0.4, -0.2) is 71.8 Å². The molecule has 3 saturated carbocycles. The fourth-order valence-corrected chi connectivity index (χ4v) is 10.2. The van der Waals surface area contributed by atoms with Crippen LogP contribution in [-0.2, 0) is 16.6 Å². The van der Waals surface area contributed by atoms with Crippen molar-refractivity contribution in [3.63, 3.8) is 0 Å². The van der Waals surface area contributed by atoms with E-state index in [4.69, 9.17) is 9.47 Å². The van der Waals surface area contributed by atoms with E-state index in [0.29, 0.717) is 36.1 Å². The largest absolute Gasteiger partial charge is 0.493 e. The Labute approximate surface area is 253 Å². The lowest BCUT2D eigenvalue weighted by Crippen LogP contribution is -2.69. The number of hydrogen-bond acceptors (Lipinski definition) is 5. The molecule has 7 rings (SSSR count). The molecule has 2 heterocycles. The quantitative estimate of drug-likeness (QED) is 0.321. The lowest BCUT2D eigenvalue weighted by atomic mass is 9.51. The van der Waals surface area contributed by atoms with Crippen molar-refractivity contribution in [3.8, 4) is 11.5 Å². The number of aliphatic hydroxyl groups is 1. The molecule has 0 radical (unpaired) electrons. The number of nitrogens with zero attached hydrogens (tertiary/aromatic N) is 2. The number of ether oxygens (including phenoxy) is 2. The summed E-state index contributed by atoms with van der Waals surface area (Å²) in [6.45, 7) is 7.37. The lowest BCUT2D eigenvalue weighted by Gasteiger charge is -2.60. The Kier molecular flexibility index (Phi) is 8.00. The molecule has 1 spiro atoms. The number of piperidine rings is 1. The van der Waals surface area contributed by atoms with E-state index in [-0.39, 0.29) is 23.7 Å². The molecule has 1 amide bonds. The summed E-state index contributed by atoms with van der Waals surface area (Å²) in [5.74, 6) is 4.43. The van der Waals surface area contributed by atoms with E-state index in [1.807, 2.05) is 0 Å². The summed E-state index contributed by atoms with van der Waals surface area (Å²) in [4.78, 5) is 19.1. The Bertz CT molecular complexity index is 1150. The standard InChI is InChI=1S/C36H54N2O4/c1-23(2)21-38(32(40)12-8-7-11-24-9-5-4-6-10-24)28-15-14-27-29-19-25-13-16-31(41-3)34-33(25)36(27,35(28)42-34)17-18-37(29)22-26-20-30(26)39/h13,16,23-24,26-30,35,39H,4-12,14-15,17-22H2,1-3H3/t26?,27-,28+,29+,30?,35-,36-/m0/s1. The smallest absolute Gasteiger partial charge is 0.222 e. The molecular weight excluding hydrogens is 524 g/mol. The van der Waals surface area contributed by atoms with Gasteiger partial charge in [0.15, 0.2) is 11.5 Å². The molecular formula is C36H54N2O4. The second-order valence-electron chi connectivity index (χ2n) is 15.2. The number of methoxy groups -OCH3 is 1. The van der Waals surface area contributed by atoms with Crippen molar-refractivity contribution in [1.82, 2.24) is 9.80 Å². The topological polar surface area (TPSA) is 62.2 Å². The van der Waals surface area contributed by atoms with Crippen molar-refractivity contribution in [1.29, 1.82) is 0 Å². The Morgan fingerprint density at radius 2 is 1.98 bits per heavy atom. The van der Waals surface area contributed by atoms with Crippen LogP contribution in [0.5, 0.6) is 11.5 Å². The molecule has 1 N–H and O–H groups in total. The third-order valence-electron chi connectivity index (χ3n) is 12.2. The lowest BCUT2D eigenvalue weighted by molar-refractivity contribution is -0.143. The van der Waals surface area contributed by atoms with Crippen LogP contribution in [0.15, 0.2) is 12.1 Å². The summed E-state index contributed by atoms with van der Waals surface area (Å²) in [5, 5.41) is 10.1. The first kappa shape index (κ1) is 29.0. The van der Waals surface area contributed by atoms with Crippen LogP contribution in [0.1, 0.15) is 108 Å². The molecule has 2 bridgehead atoms.